The molecular formula is C16H18F2N2. The zero-order valence-electron chi connectivity index (χ0n) is 11.6. The van der Waals surface area contributed by atoms with E-state index in [1.807, 2.05) is 43.1 Å². The third-order valence-electron chi connectivity index (χ3n) is 3.40. The first-order valence-electron chi connectivity index (χ1n) is 6.47. The number of nitrogens with two attached hydrogens (primary N) is 1. The Morgan fingerprint density at radius 2 is 1.60 bits per heavy atom. The van der Waals surface area contributed by atoms with E-state index in [9.17, 15) is 8.78 Å². The van der Waals surface area contributed by atoms with Crippen LogP contribution in [-0.4, -0.2) is 13.6 Å². The molecule has 106 valence electrons. The first kappa shape index (κ1) is 14.5. The van der Waals surface area contributed by atoms with Gasteiger partial charge in [-0.3, -0.25) is 0 Å². The first-order chi connectivity index (χ1) is 9.51. The van der Waals surface area contributed by atoms with E-state index < -0.39 is 11.6 Å². The molecule has 4 heteroatoms. The van der Waals surface area contributed by atoms with Gasteiger partial charge in [-0.1, -0.05) is 17.7 Å². The maximum absolute atomic E-state index is 13.3. The smallest absolute Gasteiger partial charge is 0.126 e. The van der Waals surface area contributed by atoms with Crippen molar-refractivity contribution in [1.29, 1.82) is 0 Å². The number of hydrogen-bond acceptors (Lipinski definition) is 2. The molecule has 2 N–H and O–H groups in total. The van der Waals surface area contributed by atoms with Gasteiger partial charge < -0.3 is 10.6 Å². The van der Waals surface area contributed by atoms with E-state index in [1.165, 1.54) is 12.1 Å². The second-order valence-corrected chi connectivity index (χ2v) is 4.90. The number of likely N-dealkylation sites (N-methyl/N-ethyl adjacent to an activating group) is 1. The monoisotopic (exact) mass is 276 g/mol. The number of rotatable bonds is 4. The second-order valence-electron chi connectivity index (χ2n) is 4.90. The normalized spacial score (nSPS) is 12.2. The van der Waals surface area contributed by atoms with Crippen molar-refractivity contribution in [2.45, 2.75) is 13.0 Å². The minimum atomic E-state index is -0.587. The Labute approximate surface area is 117 Å². The molecule has 2 aromatic carbocycles. The largest absolute Gasteiger partial charge is 0.366 e. The third kappa shape index (κ3) is 3.14. The summed E-state index contributed by atoms with van der Waals surface area (Å²) in [4.78, 5) is 1.92. The molecule has 1 unspecified atom stereocenters. The number of aryl methyl sites for hydroxylation is 1. The fourth-order valence-electron chi connectivity index (χ4n) is 2.25. The van der Waals surface area contributed by atoms with Gasteiger partial charge in [0.1, 0.15) is 11.6 Å². The predicted octanol–water partition coefficient (Wildman–Crippen LogP) is 3.41. The molecule has 0 radical (unpaired) electrons. The summed E-state index contributed by atoms with van der Waals surface area (Å²) in [7, 11) is 1.87. The Bertz CT molecular complexity index is 561. The lowest BCUT2D eigenvalue weighted by Gasteiger charge is -2.29. The van der Waals surface area contributed by atoms with E-state index in [-0.39, 0.29) is 12.6 Å². The molecule has 0 aliphatic rings. The average Bonchev–Trinajstić information content (AvgIpc) is 2.39. The highest BCUT2D eigenvalue weighted by Crippen LogP contribution is 2.26. The van der Waals surface area contributed by atoms with Crippen molar-refractivity contribution in [2.75, 3.05) is 18.5 Å². The third-order valence-corrected chi connectivity index (χ3v) is 3.40. The van der Waals surface area contributed by atoms with E-state index in [2.05, 4.69) is 0 Å². The van der Waals surface area contributed by atoms with Crippen molar-refractivity contribution in [3.63, 3.8) is 0 Å². The summed E-state index contributed by atoms with van der Waals surface area (Å²) < 4.78 is 26.7. The Morgan fingerprint density at radius 1 is 1.05 bits per heavy atom. The van der Waals surface area contributed by atoms with Crippen LogP contribution in [0, 0.1) is 18.6 Å². The van der Waals surface area contributed by atoms with Crippen LogP contribution in [0.25, 0.3) is 0 Å². The fraction of sp³-hybridized carbons (Fsp3) is 0.250. The standard InChI is InChI=1S/C16H18F2N2/c1-11-3-5-15(6-4-11)20(2)16(10-19)12-7-13(17)9-14(18)8-12/h3-9,16H,10,19H2,1-2H3. The zero-order valence-corrected chi connectivity index (χ0v) is 11.6. The van der Waals surface area contributed by atoms with E-state index in [1.54, 1.807) is 0 Å². The Morgan fingerprint density at radius 3 is 2.10 bits per heavy atom. The molecule has 0 aliphatic carbocycles. The molecule has 0 bridgehead atoms. The molecule has 2 rings (SSSR count). The summed E-state index contributed by atoms with van der Waals surface area (Å²) in [6.45, 7) is 2.28. The number of anilines is 1. The number of halogens is 2. The van der Waals surface area contributed by atoms with Crippen molar-refractivity contribution in [2.24, 2.45) is 5.73 Å². The average molecular weight is 276 g/mol. The van der Waals surface area contributed by atoms with Gasteiger partial charge in [-0.05, 0) is 36.8 Å². The zero-order chi connectivity index (χ0) is 14.7. The SMILES string of the molecule is Cc1ccc(N(C)C(CN)c2cc(F)cc(F)c2)cc1. The molecule has 0 fully saturated rings. The van der Waals surface area contributed by atoms with Gasteiger partial charge >= 0.3 is 0 Å². The second kappa shape index (κ2) is 6.01. The van der Waals surface area contributed by atoms with Gasteiger partial charge in [0.05, 0.1) is 6.04 Å². The quantitative estimate of drug-likeness (QED) is 0.927. The van der Waals surface area contributed by atoms with Gasteiger partial charge in [-0.2, -0.15) is 0 Å². The van der Waals surface area contributed by atoms with Gasteiger partial charge in [0, 0.05) is 25.3 Å². The van der Waals surface area contributed by atoms with Crippen LogP contribution in [0.1, 0.15) is 17.2 Å². The van der Waals surface area contributed by atoms with Crippen molar-refractivity contribution < 1.29 is 8.78 Å². The Kier molecular flexibility index (Phi) is 4.35. The predicted molar refractivity (Wildman–Crippen MR) is 77.7 cm³/mol. The van der Waals surface area contributed by atoms with Crippen molar-refractivity contribution >= 4 is 5.69 Å². The summed E-state index contributed by atoms with van der Waals surface area (Å²) >= 11 is 0. The van der Waals surface area contributed by atoms with Crippen LogP contribution < -0.4 is 10.6 Å². The molecule has 0 spiro atoms. The summed E-state index contributed by atoms with van der Waals surface area (Å²) in [5.41, 5.74) is 8.43. The highest BCUT2D eigenvalue weighted by atomic mass is 19.1. The highest BCUT2D eigenvalue weighted by molar-refractivity contribution is 5.49. The van der Waals surface area contributed by atoms with Crippen molar-refractivity contribution in [3.8, 4) is 0 Å². The van der Waals surface area contributed by atoms with Gasteiger partial charge in [0.2, 0.25) is 0 Å². The van der Waals surface area contributed by atoms with Gasteiger partial charge in [0.25, 0.3) is 0 Å². The van der Waals surface area contributed by atoms with Crippen molar-refractivity contribution in [1.82, 2.24) is 0 Å². The molecule has 0 aliphatic heterocycles. The number of hydrogen-bond donors (Lipinski definition) is 1. The first-order valence-corrected chi connectivity index (χ1v) is 6.47. The van der Waals surface area contributed by atoms with Gasteiger partial charge in [-0.15, -0.1) is 0 Å². The van der Waals surface area contributed by atoms with Crippen molar-refractivity contribution in [3.05, 3.63) is 65.2 Å². The van der Waals surface area contributed by atoms with Crippen LogP contribution in [0.2, 0.25) is 0 Å². The van der Waals surface area contributed by atoms with Crippen LogP contribution in [0.15, 0.2) is 42.5 Å². The molecule has 2 aromatic rings. The number of benzene rings is 2. The molecule has 2 nitrogen and oxygen atoms in total. The molecular weight excluding hydrogens is 258 g/mol. The van der Waals surface area contributed by atoms with Crippen LogP contribution in [0.3, 0.4) is 0 Å². The molecule has 0 aromatic heterocycles. The molecule has 20 heavy (non-hydrogen) atoms. The van der Waals surface area contributed by atoms with Crippen LogP contribution in [0.4, 0.5) is 14.5 Å². The van der Waals surface area contributed by atoms with Gasteiger partial charge in [0.15, 0.2) is 0 Å². The van der Waals surface area contributed by atoms with Gasteiger partial charge in [-0.25, -0.2) is 8.78 Å². The summed E-state index contributed by atoms with van der Waals surface area (Å²) in [6.07, 6.45) is 0. The topological polar surface area (TPSA) is 29.3 Å². The lowest BCUT2D eigenvalue weighted by molar-refractivity contribution is 0.571. The highest BCUT2D eigenvalue weighted by Gasteiger charge is 2.17. The maximum Gasteiger partial charge on any atom is 0.126 e. The van der Waals surface area contributed by atoms with E-state index in [0.717, 1.165) is 17.3 Å². The Hall–Kier alpha value is -1.94. The summed E-state index contributed by atoms with van der Waals surface area (Å²) in [5.74, 6) is -1.17. The molecule has 1 atom stereocenters. The van der Waals surface area contributed by atoms with E-state index in [0.29, 0.717) is 5.56 Å². The molecule has 0 heterocycles. The van der Waals surface area contributed by atoms with Crippen LogP contribution >= 0.6 is 0 Å². The fourth-order valence-corrected chi connectivity index (χ4v) is 2.25. The lowest BCUT2D eigenvalue weighted by atomic mass is 10.0. The minimum absolute atomic E-state index is 0.271. The molecule has 0 amide bonds. The van der Waals surface area contributed by atoms with E-state index >= 15 is 0 Å². The van der Waals surface area contributed by atoms with Crippen LogP contribution in [-0.2, 0) is 0 Å². The summed E-state index contributed by atoms with van der Waals surface area (Å²) in [5, 5.41) is 0. The minimum Gasteiger partial charge on any atom is -0.366 e. The lowest BCUT2D eigenvalue weighted by Crippen LogP contribution is -2.30. The summed E-state index contributed by atoms with van der Waals surface area (Å²) in [6, 6.07) is 11.2. The van der Waals surface area contributed by atoms with Crippen LogP contribution in [0.5, 0.6) is 0 Å². The number of nitrogens with zero attached hydrogens (tertiary/aromatic N) is 1. The van der Waals surface area contributed by atoms with E-state index in [4.69, 9.17) is 5.73 Å². The Balaban J connectivity index is 2.33. The molecule has 0 saturated carbocycles. The maximum atomic E-state index is 13.3. The molecule has 0 saturated heterocycles.